The largest absolute Gasteiger partial charge is 0.481 e. The molecule has 4 nitrogen and oxygen atoms in total. The molecule has 1 rings (SSSR count). The third-order valence-corrected chi connectivity index (χ3v) is 2.16. The molecule has 4 heteroatoms. The first-order valence-corrected chi connectivity index (χ1v) is 4.29. The van der Waals surface area contributed by atoms with Crippen LogP contribution in [0.1, 0.15) is 19.3 Å². The highest BCUT2D eigenvalue weighted by molar-refractivity contribution is 5.66. The van der Waals surface area contributed by atoms with E-state index in [-0.39, 0.29) is 12.5 Å². The summed E-state index contributed by atoms with van der Waals surface area (Å²) < 4.78 is 0. The van der Waals surface area contributed by atoms with Gasteiger partial charge in [0.2, 0.25) is 0 Å². The van der Waals surface area contributed by atoms with Crippen molar-refractivity contribution in [2.75, 3.05) is 13.1 Å². The molecule has 0 aromatic rings. The summed E-state index contributed by atoms with van der Waals surface area (Å²) in [5.41, 5.74) is 0. The van der Waals surface area contributed by atoms with E-state index < -0.39 is 5.97 Å². The fourth-order valence-corrected chi connectivity index (χ4v) is 1.37. The van der Waals surface area contributed by atoms with Gasteiger partial charge in [-0.05, 0) is 25.3 Å². The highest BCUT2D eigenvalue weighted by atomic mass is 16.4. The minimum Gasteiger partial charge on any atom is -0.481 e. The van der Waals surface area contributed by atoms with E-state index in [4.69, 9.17) is 10.2 Å². The van der Waals surface area contributed by atoms with Gasteiger partial charge in [-0.15, -0.1) is 0 Å². The number of rotatable bonds is 5. The molecule has 0 aromatic carbocycles. The average molecular weight is 173 g/mol. The molecule has 0 atom stereocenters. The molecule has 0 saturated heterocycles. The number of aliphatic hydroxyl groups is 1. The predicted molar refractivity (Wildman–Crippen MR) is 43.9 cm³/mol. The van der Waals surface area contributed by atoms with Crippen molar-refractivity contribution in [3.05, 3.63) is 0 Å². The standard InChI is InChI=1S/C8H15NO3/c10-7-3-6(4-7)5-9-2-1-8(11)12/h6-7,9-10H,1-5H2,(H,11,12). The Morgan fingerprint density at radius 1 is 1.50 bits per heavy atom. The maximum absolute atomic E-state index is 10.1. The second-order valence-corrected chi connectivity index (χ2v) is 3.34. The van der Waals surface area contributed by atoms with Crippen LogP contribution in [0.5, 0.6) is 0 Å². The minimum absolute atomic E-state index is 0.115. The molecule has 1 aliphatic carbocycles. The van der Waals surface area contributed by atoms with E-state index in [0.29, 0.717) is 12.5 Å². The number of hydrogen-bond donors (Lipinski definition) is 3. The molecule has 0 aromatic heterocycles. The molecule has 0 bridgehead atoms. The smallest absolute Gasteiger partial charge is 0.304 e. The van der Waals surface area contributed by atoms with Crippen molar-refractivity contribution in [1.29, 1.82) is 0 Å². The molecule has 0 aliphatic heterocycles. The Hall–Kier alpha value is -0.610. The number of nitrogens with one attached hydrogen (secondary N) is 1. The van der Waals surface area contributed by atoms with Crippen LogP contribution in [-0.4, -0.2) is 35.4 Å². The van der Waals surface area contributed by atoms with Gasteiger partial charge in [0, 0.05) is 6.54 Å². The molecule has 0 radical (unpaired) electrons. The Balaban J connectivity index is 1.87. The fourth-order valence-electron chi connectivity index (χ4n) is 1.37. The van der Waals surface area contributed by atoms with E-state index in [1.807, 2.05) is 0 Å². The van der Waals surface area contributed by atoms with Gasteiger partial charge in [-0.25, -0.2) is 0 Å². The van der Waals surface area contributed by atoms with Gasteiger partial charge in [-0.2, -0.15) is 0 Å². The van der Waals surface area contributed by atoms with Crippen LogP contribution in [0.3, 0.4) is 0 Å². The highest BCUT2D eigenvalue weighted by Crippen LogP contribution is 2.25. The minimum atomic E-state index is -0.767. The van der Waals surface area contributed by atoms with Gasteiger partial charge in [-0.3, -0.25) is 4.79 Å². The third kappa shape index (κ3) is 3.19. The fraction of sp³-hybridized carbons (Fsp3) is 0.875. The van der Waals surface area contributed by atoms with Crippen molar-refractivity contribution in [3.63, 3.8) is 0 Å². The van der Waals surface area contributed by atoms with Crippen LogP contribution in [-0.2, 0) is 4.79 Å². The molecule has 0 amide bonds. The van der Waals surface area contributed by atoms with Crippen LogP contribution in [0.15, 0.2) is 0 Å². The first-order valence-electron chi connectivity index (χ1n) is 4.29. The molecule has 12 heavy (non-hydrogen) atoms. The zero-order chi connectivity index (χ0) is 8.97. The zero-order valence-electron chi connectivity index (χ0n) is 6.99. The monoisotopic (exact) mass is 173 g/mol. The molecule has 1 fully saturated rings. The van der Waals surface area contributed by atoms with Crippen LogP contribution in [0.4, 0.5) is 0 Å². The summed E-state index contributed by atoms with van der Waals surface area (Å²) in [7, 11) is 0. The van der Waals surface area contributed by atoms with Gasteiger partial charge in [0.05, 0.1) is 12.5 Å². The van der Waals surface area contributed by atoms with E-state index in [1.165, 1.54) is 0 Å². The molecular weight excluding hydrogens is 158 g/mol. The Labute approximate surface area is 71.6 Å². The van der Waals surface area contributed by atoms with Crippen molar-refractivity contribution in [1.82, 2.24) is 5.32 Å². The van der Waals surface area contributed by atoms with Crippen molar-refractivity contribution in [3.8, 4) is 0 Å². The Morgan fingerprint density at radius 2 is 2.17 bits per heavy atom. The predicted octanol–water partition coefficient (Wildman–Crippen LogP) is -0.178. The number of carbonyl (C=O) groups is 1. The van der Waals surface area contributed by atoms with E-state index in [1.54, 1.807) is 0 Å². The van der Waals surface area contributed by atoms with Gasteiger partial charge in [0.15, 0.2) is 0 Å². The van der Waals surface area contributed by atoms with Crippen molar-refractivity contribution >= 4 is 5.97 Å². The molecule has 0 heterocycles. The zero-order valence-corrected chi connectivity index (χ0v) is 6.99. The van der Waals surface area contributed by atoms with Gasteiger partial charge in [0.1, 0.15) is 0 Å². The van der Waals surface area contributed by atoms with Crippen molar-refractivity contribution < 1.29 is 15.0 Å². The summed E-state index contributed by atoms with van der Waals surface area (Å²) in [6, 6.07) is 0. The number of hydrogen-bond acceptors (Lipinski definition) is 3. The van der Waals surface area contributed by atoms with Crippen LogP contribution < -0.4 is 5.32 Å². The second-order valence-electron chi connectivity index (χ2n) is 3.34. The molecule has 1 saturated carbocycles. The molecular formula is C8H15NO3. The van der Waals surface area contributed by atoms with Gasteiger partial charge in [-0.1, -0.05) is 0 Å². The lowest BCUT2D eigenvalue weighted by Crippen LogP contribution is -2.36. The second kappa shape index (κ2) is 4.42. The molecule has 0 unspecified atom stereocenters. The number of carboxylic acid groups (broad SMARTS) is 1. The first kappa shape index (κ1) is 9.48. The summed E-state index contributed by atoms with van der Waals surface area (Å²) in [5, 5.41) is 20.3. The Kier molecular flexibility index (Phi) is 3.49. The third-order valence-electron chi connectivity index (χ3n) is 2.16. The SMILES string of the molecule is O=C(O)CCNCC1CC(O)C1. The maximum atomic E-state index is 10.1. The van der Waals surface area contributed by atoms with Crippen LogP contribution >= 0.6 is 0 Å². The Bertz CT molecular complexity index is 154. The average Bonchev–Trinajstić information content (AvgIpc) is 1.93. The number of aliphatic carboxylic acids is 1. The number of carboxylic acids is 1. The van der Waals surface area contributed by atoms with Gasteiger partial charge < -0.3 is 15.5 Å². The normalized spacial score (nSPS) is 28.1. The lowest BCUT2D eigenvalue weighted by molar-refractivity contribution is -0.136. The van der Waals surface area contributed by atoms with Gasteiger partial charge in [0.25, 0.3) is 0 Å². The van der Waals surface area contributed by atoms with E-state index >= 15 is 0 Å². The molecule has 3 N–H and O–H groups in total. The highest BCUT2D eigenvalue weighted by Gasteiger charge is 2.26. The van der Waals surface area contributed by atoms with E-state index in [0.717, 1.165) is 19.4 Å². The first-order chi connectivity index (χ1) is 5.68. The summed E-state index contributed by atoms with van der Waals surface area (Å²) in [4.78, 5) is 10.1. The molecule has 70 valence electrons. The van der Waals surface area contributed by atoms with Crippen molar-refractivity contribution in [2.45, 2.75) is 25.4 Å². The van der Waals surface area contributed by atoms with Crippen LogP contribution in [0.25, 0.3) is 0 Å². The lowest BCUT2D eigenvalue weighted by Gasteiger charge is -2.31. The summed E-state index contributed by atoms with van der Waals surface area (Å²) in [6.45, 7) is 1.37. The summed E-state index contributed by atoms with van der Waals surface area (Å²) in [5.74, 6) is -0.218. The van der Waals surface area contributed by atoms with E-state index in [2.05, 4.69) is 5.32 Å². The van der Waals surface area contributed by atoms with Crippen molar-refractivity contribution in [2.24, 2.45) is 5.92 Å². The van der Waals surface area contributed by atoms with Crippen LogP contribution in [0, 0.1) is 5.92 Å². The summed E-state index contributed by atoms with van der Waals surface area (Å²) in [6.07, 6.45) is 1.78. The summed E-state index contributed by atoms with van der Waals surface area (Å²) >= 11 is 0. The molecule has 1 aliphatic rings. The molecule has 0 spiro atoms. The van der Waals surface area contributed by atoms with E-state index in [9.17, 15) is 4.79 Å². The topological polar surface area (TPSA) is 69.6 Å². The Morgan fingerprint density at radius 3 is 2.67 bits per heavy atom. The van der Waals surface area contributed by atoms with Gasteiger partial charge >= 0.3 is 5.97 Å². The maximum Gasteiger partial charge on any atom is 0.304 e. The number of aliphatic hydroxyl groups excluding tert-OH is 1. The van der Waals surface area contributed by atoms with Crippen LogP contribution in [0.2, 0.25) is 0 Å². The quantitative estimate of drug-likeness (QED) is 0.504. The lowest BCUT2D eigenvalue weighted by atomic mass is 9.82.